The SMILES string of the molecule is CC(=O)C(N=Nc1cccc(-n2nc(C(=O)Nc3nnc(S(N)(=O)=O)s3)c(C(=O)c3ccccc3)c2-c2ccccc2)c1)C(=O)c1ccccc1. The number of nitrogens with two attached hydrogens (primary N) is 1. The third kappa shape index (κ3) is 7.62. The Hall–Kier alpha value is -6.36. The Bertz CT molecular complexity index is 2410. The van der Waals surface area contributed by atoms with Crippen LogP contribution in [0.1, 0.15) is 43.7 Å². The zero-order chi connectivity index (χ0) is 36.1. The van der Waals surface area contributed by atoms with Crippen molar-refractivity contribution in [1.29, 1.82) is 0 Å². The molecule has 3 N–H and O–H groups in total. The summed E-state index contributed by atoms with van der Waals surface area (Å²) in [7, 11) is -4.19. The highest BCUT2D eigenvalue weighted by Gasteiger charge is 2.31. The number of benzene rings is 4. The molecule has 6 rings (SSSR count). The summed E-state index contributed by atoms with van der Waals surface area (Å²) in [5.41, 5.74) is 1.63. The van der Waals surface area contributed by atoms with E-state index in [-0.39, 0.29) is 33.3 Å². The average molecular weight is 719 g/mol. The number of amides is 1. The smallest absolute Gasteiger partial charge is 0.278 e. The highest BCUT2D eigenvalue weighted by Crippen LogP contribution is 2.33. The van der Waals surface area contributed by atoms with Crippen LogP contribution in [0.5, 0.6) is 0 Å². The molecule has 0 bridgehead atoms. The molecule has 0 saturated carbocycles. The Labute approximate surface area is 294 Å². The van der Waals surface area contributed by atoms with E-state index in [0.717, 1.165) is 0 Å². The van der Waals surface area contributed by atoms with Crippen molar-refractivity contribution in [2.45, 2.75) is 17.3 Å². The van der Waals surface area contributed by atoms with Gasteiger partial charge < -0.3 is 0 Å². The van der Waals surface area contributed by atoms with Gasteiger partial charge in [0.15, 0.2) is 29.1 Å². The molecule has 14 nitrogen and oxygen atoms in total. The third-order valence-electron chi connectivity index (χ3n) is 7.34. The van der Waals surface area contributed by atoms with E-state index >= 15 is 0 Å². The molecule has 1 amide bonds. The van der Waals surface area contributed by atoms with Crippen LogP contribution < -0.4 is 10.5 Å². The van der Waals surface area contributed by atoms with Gasteiger partial charge in [-0.1, -0.05) is 108 Å². The fourth-order valence-corrected chi connectivity index (χ4v) is 6.33. The molecule has 0 fully saturated rings. The van der Waals surface area contributed by atoms with Crippen LogP contribution in [0.15, 0.2) is 130 Å². The van der Waals surface area contributed by atoms with Crippen molar-refractivity contribution in [1.82, 2.24) is 20.0 Å². The topological polar surface area (TPSA) is 209 Å². The zero-order valence-electron chi connectivity index (χ0n) is 26.6. The Balaban J connectivity index is 1.48. The molecule has 2 heterocycles. The number of sulfonamides is 1. The first kappa shape index (κ1) is 34.5. The lowest BCUT2D eigenvalue weighted by Gasteiger charge is -2.11. The van der Waals surface area contributed by atoms with Gasteiger partial charge in [-0.15, -0.1) is 10.2 Å². The number of carbonyl (C=O) groups excluding carboxylic acids is 4. The molecule has 4 aromatic carbocycles. The molecule has 0 aliphatic rings. The maximum Gasteiger partial charge on any atom is 0.278 e. The Morgan fingerprint density at radius 2 is 1.45 bits per heavy atom. The van der Waals surface area contributed by atoms with Gasteiger partial charge in [-0.05, 0) is 25.1 Å². The van der Waals surface area contributed by atoms with Gasteiger partial charge in [0.05, 0.1) is 22.6 Å². The summed E-state index contributed by atoms with van der Waals surface area (Å²) in [4.78, 5) is 53.6. The molecule has 0 radical (unpaired) electrons. The first-order valence-electron chi connectivity index (χ1n) is 15.1. The number of aromatic nitrogens is 4. The number of ketones is 3. The largest absolute Gasteiger partial charge is 0.297 e. The van der Waals surface area contributed by atoms with Crippen molar-refractivity contribution < 1.29 is 27.6 Å². The van der Waals surface area contributed by atoms with E-state index in [1.165, 1.54) is 11.6 Å². The number of Topliss-reactive ketones (excluding diaryl/α,β-unsaturated/α-hetero) is 2. The predicted octanol–water partition coefficient (Wildman–Crippen LogP) is 5.45. The molecular formula is C35H26N8O6S2. The lowest BCUT2D eigenvalue weighted by molar-refractivity contribution is -0.117. The molecule has 1 atom stereocenters. The van der Waals surface area contributed by atoms with Crippen LogP contribution in [0, 0.1) is 0 Å². The van der Waals surface area contributed by atoms with Gasteiger partial charge in [-0.3, -0.25) is 24.5 Å². The number of hydrogen-bond donors (Lipinski definition) is 2. The van der Waals surface area contributed by atoms with E-state index in [0.29, 0.717) is 28.2 Å². The summed E-state index contributed by atoms with van der Waals surface area (Å²) >= 11 is 0.532. The monoisotopic (exact) mass is 718 g/mol. The molecule has 0 saturated heterocycles. The summed E-state index contributed by atoms with van der Waals surface area (Å²) in [6, 6.07) is 30.5. The Morgan fingerprint density at radius 3 is 2.06 bits per heavy atom. The predicted molar refractivity (Wildman–Crippen MR) is 188 cm³/mol. The summed E-state index contributed by atoms with van der Waals surface area (Å²) in [6.07, 6.45) is 0. The molecule has 0 aliphatic heterocycles. The van der Waals surface area contributed by atoms with Crippen LogP contribution in [-0.2, 0) is 14.8 Å². The highest BCUT2D eigenvalue weighted by atomic mass is 32.2. The molecule has 16 heteroatoms. The minimum Gasteiger partial charge on any atom is -0.297 e. The maximum atomic E-state index is 14.2. The van der Waals surface area contributed by atoms with E-state index in [1.54, 1.807) is 115 Å². The second-order valence-corrected chi connectivity index (χ2v) is 13.6. The van der Waals surface area contributed by atoms with Crippen molar-refractivity contribution in [2.24, 2.45) is 15.4 Å². The fraction of sp³-hybridized carbons (Fsp3) is 0.0571. The number of primary sulfonamides is 1. The van der Waals surface area contributed by atoms with E-state index in [2.05, 4.69) is 30.8 Å². The van der Waals surface area contributed by atoms with Crippen molar-refractivity contribution in [3.05, 3.63) is 138 Å². The number of rotatable bonds is 12. The molecular weight excluding hydrogens is 693 g/mol. The molecule has 6 aromatic rings. The molecule has 0 spiro atoms. The number of anilines is 1. The van der Waals surface area contributed by atoms with Crippen LogP contribution in [0.2, 0.25) is 0 Å². The lowest BCUT2D eigenvalue weighted by Crippen LogP contribution is -2.26. The van der Waals surface area contributed by atoms with E-state index in [1.807, 2.05) is 0 Å². The summed E-state index contributed by atoms with van der Waals surface area (Å²) in [5.74, 6) is -2.39. The molecule has 0 aliphatic carbocycles. The number of nitrogens with zero attached hydrogens (tertiary/aromatic N) is 6. The molecule has 51 heavy (non-hydrogen) atoms. The van der Waals surface area contributed by atoms with Crippen LogP contribution in [0.4, 0.5) is 10.8 Å². The second kappa shape index (κ2) is 14.6. The number of nitrogens with one attached hydrogen (secondary N) is 1. The minimum absolute atomic E-state index is 0.0572. The highest BCUT2D eigenvalue weighted by molar-refractivity contribution is 7.91. The number of azo groups is 1. The minimum atomic E-state index is -4.19. The second-order valence-electron chi connectivity index (χ2n) is 10.9. The quantitative estimate of drug-likeness (QED) is 0.0713. The van der Waals surface area contributed by atoms with Gasteiger partial charge in [-0.2, -0.15) is 15.3 Å². The fourth-order valence-electron chi connectivity index (χ4n) is 5.00. The summed E-state index contributed by atoms with van der Waals surface area (Å²) in [6.45, 7) is 1.26. The lowest BCUT2D eigenvalue weighted by atomic mass is 9.97. The molecule has 254 valence electrons. The first-order chi connectivity index (χ1) is 24.5. The normalized spacial score (nSPS) is 12.0. The van der Waals surface area contributed by atoms with Gasteiger partial charge in [0.2, 0.25) is 9.47 Å². The van der Waals surface area contributed by atoms with E-state index in [9.17, 15) is 27.6 Å². The Morgan fingerprint density at radius 1 is 0.824 bits per heavy atom. The third-order valence-corrected chi connectivity index (χ3v) is 9.48. The Kier molecular flexibility index (Phi) is 9.90. The van der Waals surface area contributed by atoms with Crippen molar-refractivity contribution in [2.75, 3.05) is 5.32 Å². The van der Waals surface area contributed by atoms with Crippen LogP contribution in [-0.4, -0.2) is 57.7 Å². The first-order valence-corrected chi connectivity index (χ1v) is 17.4. The standard InChI is InChI=1S/C35H26N8O6S2/c1-21(44)28(32(46)24-16-9-4-10-17-24)39-38-25-18-11-19-26(20-25)43-30(22-12-5-2-6-13-22)27(31(45)23-14-7-3-8-15-23)29(42-43)33(47)37-34-40-41-35(50-34)51(36,48)49/h2-20,28H,1H3,(H2,36,48,49)(H,37,40,47). The van der Waals surface area contributed by atoms with Crippen molar-refractivity contribution in [3.8, 4) is 16.9 Å². The molecule has 1 unspecified atom stereocenters. The van der Waals surface area contributed by atoms with E-state index < -0.39 is 43.7 Å². The van der Waals surface area contributed by atoms with Crippen molar-refractivity contribution >= 4 is 55.4 Å². The van der Waals surface area contributed by atoms with Gasteiger partial charge in [0.25, 0.3) is 15.9 Å². The van der Waals surface area contributed by atoms with Crippen LogP contribution >= 0.6 is 11.3 Å². The number of hydrogen-bond acceptors (Lipinski definition) is 12. The zero-order valence-corrected chi connectivity index (χ0v) is 28.2. The van der Waals surface area contributed by atoms with Gasteiger partial charge in [-0.25, -0.2) is 18.2 Å². The van der Waals surface area contributed by atoms with Crippen LogP contribution in [0.25, 0.3) is 16.9 Å². The average Bonchev–Trinajstić information content (AvgIpc) is 3.78. The molecule has 2 aromatic heterocycles. The summed E-state index contributed by atoms with van der Waals surface area (Å²) < 4.78 is 24.4. The van der Waals surface area contributed by atoms with Gasteiger partial charge in [0.1, 0.15) is 0 Å². The number of carbonyl (C=O) groups is 4. The summed E-state index contributed by atoms with van der Waals surface area (Å²) in [5, 5.41) is 27.6. The van der Waals surface area contributed by atoms with Crippen molar-refractivity contribution in [3.63, 3.8) is 0 Å². The van der Waals surface area contributed by atoms with Gasteiger partial charge in [0, 0.05) is 16.7 Å². The maximum absolute atomic E-state index is 14.2. The van der Waals surface area contributed by atoms with Crippen LogP contribution in [0.3, 0.4) is 0 Å². The van der Waals surface area contributed by atoms with E-state index in [4.69, 9.17) is 5.14 Å². The van der Waals surface area contributed by atoms with Gasteiger partial charge >= 0.3 is 0 Å².